The maximum Gasteiger partial charge on any atom is 0.341 e. The third-order valence-electron chi connectivity index (χ3n) is 2.50. The number of carbonyl (C=O) groups excluding carboxylic acids is 1. The van der Waals surface area contributed by atoms with Gasteiger partial charge in [0.2, 0.25) is 0 Å². The number of hydrogen-bond acceptors (Lipinski definition) is 5. The van der Waals surface area contributed by atoms with Gasteiger partial charge in [0.05, 0.1) is 13.2 Å². The SMILES string of the molecule is CC1(C)OC[C@]2(C[C@H](CO)OC2=O)O1. The van der Waals surface area contributed by atoms with Crippen molar-refractivity contribution in [2.24, 2.45) is 0 Å². The first kappa shape index (κ1) is 9.89. The smallest absolute Gasteiger partial charge is 0.341 e. The van der Waals surface area contributed by atoms with Gasteiger partial charge in [-0.1, -0.05) is 0 Å². The quantitative estimate of drug-likeness (QED) is 0.597. The summed E-state index contributed by atoms with van der Waals surface area (Å²) in [5, 5.41) is 8.88. The van der Waals surface area contributed by atoms with Crippen molar-refractivity contribution in [3.8, 4) is 0 Å². The highest BCUT2D eigenvalue weighted by molar-refractivity contribution is 5.82. The van der Waals surface area contributed by atoms with Gasteiger partial charge in [0.1, 0.15) is 6.10 Å². The Labute approximate surface area is 81.9 Å². The number of ether oxygens (including phenoxy) is 3. The average molecular weight is 202 g/mol. The second-order valence-electron chi connectivity index (χ2n) is 4.20. The molecule has 1 spiro atoms. The van der Waals surface area contributed by atoms with Gasteiger partial charge in [0.25, 0.3) is 0 Å². The van der Waals surface area contributed by atoms with Gasteiger partial charge in [-0.05, 0) is 13.8 Å². The van der Waals surface area contributed by atoms with Crippen LogP contribution in [0.15, 0.2) is 0 Å². The van der Waals surface area contributed by atoms with Crippen LogP contribution in [0.4, 0.5) is 0 Å². The summed E-state index contributed by atoms with van der Waals surface area (Å²) in [6, 6.07) is 0. The summed E-state index contributed by atoms with van der Waals surface area (Å²) < 4.78 is 15.8. The van der Waals surface area contributed by atoms with Crippen LogP contribution in [0.5, 0.6) is 0 Å². The fourth-order valence-corrected chi connectivity index (χ4v) is 1.87. The number of aliphatic hydroxyl groups is 1. The normalized spacial score (nSPS) is 40.5. The molecule has 2 heterocycles. The Hall–Kier alpha value is -0.650. The van der Waals surface area contributed by atoms with Gasteiger partial charge in [-0.2, -0.15) is 0 Å². The first-order valence-corrected chi connectivity index (χ1v) is 4.63. The number of cyclic esters (lactones) is 1. The predicted octanol–water partition coefficient (Wildman–Crippen LogP) is -0.184. The van der Waals surface area contributed by atoms with E-state index in [4.69, 9.17) is 19.3 Å². The van der Waals surface area contributed by atoms with E-state index in [1.165, 1.54) is 0 Å². The van der Waals surface area contributed by atoms with Crippen LogP contribution in [-0.2, 0) is 19.0 Å². The lowest BCUT2D eigenvalue weighted by Gasteiger charge is -2.20. The van der Waals surface area contributed by atoms with Gasteiger partial charge >= 0.3 is 5.97 Å². The third-order valence-corrected chi connectivity index (χ3v) is 2.50. The largest absolute Gasteiger partial charge is 0.458 e. The molecule has 5 heteroatoms. The van der Waals surface area contributed by atoms with Crippen molar-refractivity contribution in [2.75, 3.05) is 13.2 Å². The summed E-state index contributed by atoms with van der Waals surface area (Å²) >= 11 is 0. The van der Waals surface area contributed by atoms with Gasteiger partial charge < -0.3 is 19.3 Å². The fraction of sp³-hybridized carbons (Fsp3) is 0.889. The second-order valence-corrected chi connectivity index (χ2v) is 4.20. The van der Waals surface area contributed by atoms with E-state index in [9.17, 15) is 4.79 Å². The number of hydrogen-bond donors (Lipinski definition) is 1. The van der Waals surface area contributed by atoms with Gasteiger partial charge in [0, 0.05) is 6.42 Å². The molecule has 0 aromatic heterocycles. The molecule has 2 aliphatic heterocycles. The lowest BCUT2D eigenvalue weighted by molar-refractivity contribution is -0.177. The van der Waals surface area contributed by atoms with Crippen molar-refractivity contribution in [3.63, 3.8) is 0 Å². The monoisotopic (exact) mass is 202 g/mol. The van der Waals surface area contributed by atoms with Gasteiger partial charge in [-0.3, -0.25) is 0 Å². The zero-order chi connectivity index (χ0) is 10.4. The molecule has 2 saturated heterocycles. The average Bonchev–Trinajstić information content (AvgIpc) is 2.56. The van der Waals surface area contributed by atoms with Crippen LogP contribution in [0.1, 0.15) is 20.3 Å². The summed E-state index contributed by atoms with van der Waals surface area (Å²) in [6.07, 6.45) is -0.0915. The summed E-state index contributed by atoms with van der Waals surface area (Å²) in [7, 11) is 0. The molecule has 0 aromatic carbocycles. The maximum atomic E-state index is 11.5. The number of esters is 1. The molecule has 0 aromatic rings. The Morgan fingerprint density at radius 1 is 1.57 bits per heavy atom. The molecule has 0 saturated carbocycles. The summed E-state index contributed by atoms with van der Waals surface area (Å²) in [6.45, 7) is 3.54. The molecule has 0 amide bonds. The van der Waals surface area contributed by atoms with Crippen LogP contribution < -0.4 is 0 Å². The molecular formula is C9H14O5. The van der Waals surface area contributed by atoms with Crippen LogP contribution in [0, 0.1) is 0 Å². The van der Waals surface area contributed by atoms with Crippen molar-refractivity contribution in [2.45, 2.75) is 37.8 Å². The topological polar surface area (TPSA) is 65.0 Å². The van der Waals surface area contributed by atoms with E-state index in [1.807, 2.05) is 0 Å². The van der Waals surface area contributed by atoms with E-state index in [1.54, 1.807) is 13.8 Å². The lowest BCUT2D eigenvalue weighted by atomic mass is 10.0. The van der Waals surface area contributed by atoms with E-state index >= 15 is 0 Å². The van der Waals surface area contributed by atoms with Crippen molar-refractivity contribution >= 4 is 5.97 Å². The fourth-order valence-electron chi connectivity index (χ4n) is 1.87. The minimum atomic E-state index is -0.989. The van der Waals surface area contributed by atoms with Gasteiger partial charge in [-0.25, -0.2) is 4.79 Å². The maximum absolute atomic E-state index is 11.5. The predicted molar refractivity (Wildman–Crippen MR) is 45.4 cm³/mol. The third kappa shape index (κ3) is 1.41. The molecule has 0 bridgehead atoms. The molecule has 0 unspecified atom stereocenters. The molecule has 2 aliphatic rings. The molecule has 2 fully saturated rings. The number of carbonyl (C=O) groups is 1. The zero-order valence-corrected chi connectivity index (χ0v) is 8.28. The molecule has 0 aliphatic carbocycles. The molecule has 2 rings (SSSR count). The number of rotatable bonds is 1. The van der Waals surface area contributed by atoms with E-state index in [-0.39, 0.29) is 13.2 Å². The molecule has 2 atom stereocenters. The lowest BCUT2D eigenvalue weighted by Crippen LogP contribution is -2.39. The molecule has 1 N–H and O–H groups in total. The Bertz CT molecular complexity index is 262. The van der Waals surface area contributed by atoms with E-state index in [0.29, 0.717) is 6.42 Å². The van der Waals surface area contributed by atoms with Crippen molar-refractivity contribution < 1.29 is 24.1 Å². The van der Waals surface area contributed by atoms with Crippen LogP contribution in [0.3, 0.4) is 0 Å². The van der Waals surface area contributed by atoms with Gasteiger partial charge in [0.15, 0.2) is 11.4 Å². The van der Waals surface area contributed by atoms with Crippen molar-refractivity contribution in [3.05, 3.63) is 0 Å². The van der Waals surface area contributed by atoms with Crippen LogP contribution in [-0.4, -0.2) is 41.8 Å². The molecule has 14 heavy (non-hydrogen) atoms. The standard InChI is InChI=1S/C9H14O5/c1-8(2)12-5-9(14-8)3-6(4-10)13-7(9)11/h6,10H,3-5H2,1-2H3/t6-,9+/m1/s1. The Balaban J connectivity index is 2.15. The molecule has 5 nitrogen and oxygen atoms in total. The summed E-state index contributed by atoms with van der Waals surface area (Å²) in [5.41, 5.74) is -0.989. The second kappa shape index (κ2) is 2.92. The highest BCUT2D eigenvalue weighted by Crippen LogP contribution is 2.39. The number of aliphatic hydroxyl groups excluding tert-OH is 1. The van der Waals surface area contributed by atoms with E-state index in [2.05, 4.69) is 0 Å². The van der Waals surface area contributed by atoms with Crippen LogP contribution in [0.25, 0.3) is 0 Å². The molecule has 80 valence electrons. The van der Waals surface area contributed by atoms with E-state index < -0.39 is 23.5 Å². The van der Waals surface area contributed by atoms with E-state index in [0.717, 1.165) is 0 Å². The zero-order valence-electron chi connectivity index (χ0n) is 8.28. The molecular weight excluding hydrogens is 188 g/mol. The highest BCUT2D eigenvalue weighted by atomic mass is 16.8. The Kier molecular flexibility index (Phi) is 2.06. The first-order chi connectivity index (χ1) is 6.47. The minimum absolute atomic E-state index is 0.169. The Morgan fingerprint density at radius 3 is 2.71 bits per heavy atom. The van der Waals surface area contributed by atoms with Crippen molar-refractivity contribution in [1.82, 2.24) is 0 Å². The Morgan fingerprint density at radius 2 is 2.29 bits per heavy atom. The highest BCUT2D eigenvalue weighted by Gasteiger charge is 2.57. The van der Waals surface area contributed by atoms with Gasteiger partial charge in [-0.15, -0.1) is 0 Å². The van der Waals surface area contributed by atoms with Crippen molar-refractivity contribution in [1.29, 1.82) is 0 Å². The minimum Gasteiger partial charge on any atom is -0.458 e. The van der Waals surface area contributed by atoms with Crippen LogP contribution >= 0.6 is 0 Å². The molecule has 0 radical (unpaired) electrons. The van der Waals surface area contributed by atoms with Crippen LogP contribution in [0.2, 0.25) is 0 Å². The summed E-state index contributed by atoms with van der Waals surface area (Å²) in [5.74, 6) is -1.18. The first-order valence-electron chi connectivity index (χ1n) is 4.63. The summed E-state index contributed by atoms with van der Waals surface area (Å²) in [4.78, 5) is 11.5.